The Labute approximate surface area is 168 Å². The first-order valence-corrected chi connectivity index (χ1v) is 9.19. The standard InChI is InChI=1S/C18H14BrClN2O5/c1-10(23)22-18(13-6-15-16(7-14(13)19)26-9-25-15)27-17(21-22)8-24-12-4-2-11(20)3-5-12/h2-7,18H,8-9H2,1H3/t18-/m1/s1. The van der Waals surface area contributed by atoms with Crippen molar-refractivity contribution in [2.24, 2.45) is 5.10 Å². The first kappa shape index (κ1) is 17.9. The lowest BCUT2D eigenvalue weighted by Crippen LogP contribution is -2.25. The average Bonchev–Trinajstić information content (AvgIpc) is 3.26. The Morgan fingerprint density at radius 1 is 1.30 bits per heavy atom. The molecule has 0 saturated carbocycles. The predicted octanol–water partition coefficient (Wildman–Crippen LogP) is 4.10. The number of hydrazone groups is 1. The van der Waals surface area contributed by atoms with Gasteiger partial charge in [-0.1, -0.05) is 27.5 Å². The summed E-state index contributed by atoms with van der Waals surface area (Å²) in [5.74, 6) is 1.87. The van der Waals surface area contributed by atoms with Crippen LogP contribution in [0, 0.1) is 0 Å². The van der Waals surface area contributed by atoms with Crippen molar-refractivity contribution in [2.75, 3.05) is 13.4 Å². The molecule has 2 aromatic carbocycles. The van der Waals surface area contributed by atoms with Gasteiger partial charge in [0.05, 0.1) is 0 Å². The van der Waals surface area contributed by atoms with E-state index in [2.05, 4.69) is 21.0 Å². The first-order chi connectivity index (χ1) is 13.0. The summed E-state index contributed by atoms with van der Waals surface area (Å²) >= 11 is 9.35. The van der Waals surface area contributed by atoms with E-state index in [-0.39, 0.29) is 25.2 Å². The molecule has 0 spiro atoms. The van der Waals surface area contributed by atoms with Crippen LogP contribution >= 0.6 is 27.5 Å². The molecule has 0 bridgehead atoms. The molecule has 2 aliphatic rings. The lowest BCUT2D eigenvalue weighted by Gasteiger charge is -2.20. The van der Waals surface area contributed by atoms with Gasteiger partial charge < -0.3 is 18.9 Å². The van der Waals surface area contributed by atoms with Gasteiger partial charge in [-0.2, -0.15) is 5.01 Å². The van der Waals surface area contributed by atoms with Gasteiger partial charge in [-0.3, -0.25) is 4.79 Å². The molecular formula is C18H14BrClN2O5. The molecule has 2 aliphatic heterocycles. The number of hydrogen-bond donors (Lipinski definition) is 0. The predicted molar refractivity (Wildman–Crippen MR) is 101 cm³/mol. The van der Waals surface area contributed by atoms with E-state index in [4.69, 9.17) is 30.5 Å². The maximum Gasteiger partial charge on any atom is 0.247 e. The van der Waals surface area contributed by atoms with Gasteiger partial charge in [-0.15, -0.1) is 5.10 Å². The number of halogens is 2. The third-order valence-electron chi connectivity index (χ3n) is 3.95. The molecule has 1 atom stereocenters. The Balaban J connectivity index is 1.53. The zero-order valence-corrected chi connectivity index (χ0v) is 16.5. The molecule has 0 fully saturated rings. The maximum atomic E-state index is 12.0. The average molecular weight is 454 g/mol. The molecule has 0 aliphatic carbocycles. The summed E-state index contributed by atoms with van der Waals surface area (Å²) in [4.78, 5) is 12.0. The Morgan fingerprint density at radius 3 is 2.70 bits per heavy atom. The Morgan fingerprint density at radius 2 is 2.00 bits per heavy atom. The molecule has 4 rings (SSSR count). The second-order valence-corrected chi connectivity index (χ2v) is 7.09. The zero-order chi connectivity index (χ0) is 19.0. The number of ether oxygens (including phenoxy) is 4. The van der Waals surface area contributed by atoms with E-state index in [0.717, 1.165) is 4.47 Å². The van der Waals surface area contributed by atoms with Crippen LogP contribution in [0.4, 0.5) is 0 Å². The number of amides is 1. The molecule has 2 heterocycles. The third kappa shape index (κ3) is 3.68. The lowest BCUT2D eigenvalue weighted by atomic mass is 10.1. The van der Waals surface area contributed by atoms with Gasteiger partial charge in [0.1, 0.15) is 5.75 Å². The topological polar surface area (TPSA) is 69.6 Å². The number of benzene rings is 2. The molecule has 2 aromatic rings. The van der Waals surface area contributed by atoms with Gasteiger partial charge in [0, 0.05) is 22.0 Å². The van der Waals surface area contributed by atoms with Crippen LogP contribution in [0.5, 0.6) is 17.2 Å². The van der Waals surface area contributed by atoms with Crippen LogP contribution in [0.25, 0.3) is 0 Å². The van der Waals surface area contributed by atoms with Gasteiger partial charge in [-0.05, 0) is 36.4 Å². The summed E-state index contributed by atoms with van der Waals surface area (Å²) in [5.41, 5.74) is 0.694. The summed E-state index contributed by atoms with van der Waals surface area (Å²) < 4.78 is 23.0. The summed E-state index contributed by atoms with van der Waals surface area (Å²) in [7, 11) is 0. The fourth-order valence-corrected chi connectivity index (χ4v) is 3.31. The number of carbonyl (C=O) groups is 1. The lowest BCUT2D eigenvalue weighted by molar-refractivity contribution is -0.135. The molecule has 1 amide bonds. The van der Waals surface area contributed by atoms with E-state index in [0.29, 0.717) is 27.8 Å². The van der Waals surface area contributed by atoms with E-state index in [1.807, 2.05) is 0 Å². The van der Waals surface area contributed by atoms with Gasteiger partial charge in [0.2, 0.25) is 24.8 Å². The number of hydrogen-bond acceptors (Lipinski definition) is 6. The molecule has 7 nitrogen and oxygen atoms in total. The molecule has 27 heavy (non-hydrogen) atoms. The van der Waals surface area contributed by atoms with Gasteiger partial charge in [0.25, 0.3) is 0 Å². The summed E-state index contributed by atoms with van der Waals surface area (Å²) in [6.07, 6.45) is -0.727. The summed E-state index contributed by atoms with van der Waals surface area (Å²) in [5, 5.41) is 6.13. The largest absolute Gasteiger partial charge is 0.484 e. The second kappa shape index (κ2) is 7.28. The highest BCUT2D eigenvalue weighted by Gasteiger charge is 2.35. The molecule has 0 unspecified atom stereocenters. The van der Waals surface area contributed by atoms with Crippen molar-refractivity contribution in [3.63, 3.8) is 0 Å². The van der Waals surface area contributed by atoms with Crippen LogP contribution in [0.1, 0.15) is 18.7 Å². The van der Waals surface area contributed by atoms with Crippen LogP contribution in [-0.4, -0.2) is 30.2 Å². The van der Waals surface area contributed by atoms with Crippen molar-refractivity contribution in [3.05, 3.63) is 51.5 Å². The van der Waals surface area contributed by atoms with E-state index in [9.17, 15) is 4.79 Å². The van der Waals surface area contributed by atoms with Gasteiger partial charge in [-0.25, -0.2) is 0 Å². The van der Waals surface area contributed by atoms with Crippen molar-refractivity contribution in [3.8, 4) is 17.2 Å². The fourth-order valence-electron chi connectivity index (χ4n) is 2.67. The molecule has 140 valence electrons. The van der Waals surface area contributed by atoms with E-state index in [1.165, 1.54) is 11.9 Å². The molecular weight excluding hydrogens is 440 g/mol. The molecule has 0 saturated heterocycles. The SMILES string of the molecule is CC(=O)N1N=C(COc2ccc(Cl)cc2)O[C@@H]1c1cc2c(cc1Br)OCO2. The number of rotatable bonds is 4. The molecule has 0 radical (unpaired) electrons. The summed E-state index contributed by atoms with van der Waals surface area (Å²) in [6, 6.07) is 10.5. The number of fused-ring (bicyclic) bond motifs is 1. The quantitative estimate of drug-likeness (QED) is 0.697. The second-order valence-electron chi connectivity index (χ2n) is 5.80. The van der Waals surface area contributed by atoms with Crippen LogP contribution in [0.3, 0.4) is 0 Å². The number of nitrogens with zero attached hydrogens (tertiary/aromatic N) is 2. The molecule has 0 N–H and O–H groups in total. The highest BCUT2D eigenvalue weighted by atomic mass is 79.9. The fraction of sp³-hybridized carbons (Fsp3) is 0.222. The van der Waals surface area contributed by atoms with Crippen LogP contribution in [0.2, 0.25) is 5.02 Å². The van der Waals surface area contributed by atoms with Gasteiger partial charge >= 0.3 is 0 Å². The molecule has 0 aromatic heterocycles. The smallest absolute Gasteiger partial charge is 0.247 e. The summed E-state index contributed by atoms with van der Waals surface area (Å²) in [6.45, 7) is 1.65. The minimum atomic E-state index is -0.727. The maximum absolute atomic E-state index is 12.0. The van der Waals surface area contributed by atoms with Crippen molar-refractivity contribution < 1.29 is 23.7 Å². The van der Waals surface area contributed by atoms with Crippen molar-refractivity contribution >= 4 is 39.3 Å². The Hall–Kier alpha value is -2.45. The number of carbonyl (C=O) groups excluding carboxylic acids is 1. The van der Waals surface area contributed by atoms with Crippen molar-refractivity contribution in [1.29, 1.82) is 0 Å². The highest BCUT2D eigenvalue weighted by molar-refractivity contribution is 9.10. The van der Waals surface area contributed by atoms with E-state index < -0.39 is 6.23 Å². The zero-order valence-electron chi connectivity index (χ0n) is 14.1. The highest BCUT2D eigenvalue weighted by Crippen LogP contribution is 2.42. The third-order valence-corrected chi connectivity index (χ3v) is 4.88. The molecule has 9 heteroatoms. The van der Waals surface area contributed by atoms with Crippen LogP contribution in [0.15, 0.2) is 46.0 Å². The minimum absolute atomic E-state index is 0.0735. The van der Waals surface area contributed by atoms with Crippen molar-refractivity contribution in [2.45, 2.75) is 13.2 Å². The van der Waals surface area contributed by atoms with Crippen LogP contribution < -0.4 is 14.2 Å². The van der Waals surface area contributed by atoms with E-state index in [1.54, 1.807) is 36.4 Å². The monoisotopic (exact) mass is 452 g/mol. The normalized spacial score (nSPS) is 17.5. The first-order valence-electron chi connectivity index (χ1n) is 8.02. The Kier molecular flexibility index (Phi) is 4.84. The van der Waals surface area contributed by atoms with Crippen molar-refractivity contribution in [1.82, 2.24) is 5.01 Å². The van der Waals surface area contributed by atoms with Gasteiger partial charge in [0.15, 0.2) is 18.1 Å². The minimum Gasteiger partial charge on any atom is -0.484 e. The Bertz CT molecular complexity index is 919. The van der Waals surface area contributed by atoms with E-state index >= 15 is 0 Å². The van der Waals surface area contributed by atoms with Crippen LogP contribution in [-0.2, 0) is 9.53 Å².